The maximum atomic E-state index is 10.9. The second kappa shape index (κ2) is 4.28. The van der Waals surface area contributed by atoms with Crippen LogP contribution in [-0.2, 0) is 0 Å². The summed E-state index contributed by atoms with van der Waals surface area (Å²) < 4.78 is 0.626. The fraction of sp³-hybridized carbons (Fsp3) is 0. The molecule has 2 N–H and O–H groups in total. The minimum atomic E-state index is -0.553. The minimum absolute atomic E-state index is 0.194. The third-order valence-electron chi connectivity index (χ3n) is 2.95. The van der Waals surface area contributed by atoms with E-state index in [-0.39, 0.29) is 11.6 Å². The summed E-state index contributed by atoms with van der Waals surface area (Å²) in [6.07, 6.45) is 0. The molecule has 0 saturated heterocycles. The number of nitrogens with one attached hydrogen (secondary N) is 2. The molecule has 10 heteroatoms. The lowest BCUT2D eigenvalue weighted by Gasteiger charge is -1.89. The first-order valence-electron chi connectivity index (χ1n) is 5.22. The Bertz CT molecular complexity index is 824. The van der Waals surface area contributed by atoms with Gasteiger partial charge >= 0.3 is 11.6 Å². The van der Waals surface area contributed by atoms with E-state index in [1.54, 1.807) is 12.1 Å². The van der Waals surface area contributed by atoms with Crippen molar-refractivity contribution in [3.05, 3.63) is 41.3 Å². The number of fused-ring (bicyclic) bond motifs is 3. The van der Waals surface area contributed by atoms with Gasteiger partial charge in [-0.3, -0.25) is 0 Å². The van der Waals surface area contributed by atoms with Gasteiger partial charge in [-0.1, -0.05) is 0 Å². The number of benzene rings is 1. The first-order chi connectivity index (χ1) is 9.41. The highest BCUT2D eigenvalue weighted by atomic mass is 79.9. The number of halogens is 2. The van der Waals surface area contributed by atoms with Crippen LogP contribution in [-0.4, -0.2) is 19.8 Å². The number of aromatic amines is 2. The fourth-order valence-corrected chi connectivity index (χ4v) is 3.23. The van der Waals surface area contributed by atoms with Gasteiger partial charge in [-0.25, -0.2) is 9.97 Å². The molecular weight excluding hydrogens is 400 g/mol. The van der Waals surface area contributed by atoms with Crippen molar-refractivity contribution in [2.24, 2.45) is 0 Å². The second-order valence-electron chi connectivity index (χ2n) is 4.00. The van der Waals surface area contributed by atoms with Crippen molar-refractivity contribution in [1.29, 1.82) is 0 Å². The summed E-state index contributed by atoms with van der Waals surface area (Å²) in [5.74, 6) is -0.387. The first kappa shape index (κ1) is 13.1. The number of hydrogen-bond acceptors (Lipinski definition) is 4. The van der Waals surface area contributed by atoms with Crippen LogP contribution in [0.15, 0.2) is 21.1 Å². The van der Waals surface area contributed by atoms with Crippen LogP contribution in [0.5, 0.6) is 0 Å². The summed E-state index contributed by atoms with van der Waals surface area (Å²) in [6.45, 7) is 0. The zero-order valence-electron chi connectivity index (χ0n) is 9.44. The van der Waals surface area contributed by atoms with Crippen molar-refractivity contribution in [2.45, 2.75) is 0 Å². The molecule has 0 aliphatic heterocycles. The van der Waals surface area contributed by atoms with Crippen molar-refractivity contribution in [3.63, 3.8) is 0 Å². The molecule has 0 spiro atoms. The van der Waals surface area contributed by atoms with E-state index in [0.717, 1.165) is 0 Å². The number of nitrogens with zero attached hydrogens (tertiary/aromatic N) is 2. The predicted molar refractivity (Wildman–Crippen MR) is 78.9 cm³/mol. The highest BCUT2D eigenvalue weighted by Gasteiger charge is 2.26. The molecule has 20 heavy (non-hydrogen) atoms. The Hall–Kier alpha value is -1.94. The number of rotatable bonds is 2. The van der Waals surface area contributed by atoms with Crippen molar-refractivity contribution < 1.29 is 9.85 Å². The zero-order valence-corrected chi connectivity index (χ0v) is 12.6. The van der Waals surface area contributed by atoms with Gasteiger partial charge in [0.25, 0.3) is 0 Å². The average molecular weight is 404 g/mol. The predicted octanol–water partition coefficient (Wildman–Crippen LogP) is 3.99. The lowest BCUT2D eigenvalue weighted by atomic mass is 10.2. The van der Waals surface area contributed by atoms with E-state index in [2.05, 4.69) is 41.8 Å². The van der Waals surface area contributed by atoms with Gasteiger partial charge in [-0.2, -0.15) is 0 Å². The molecule has 2 aromatic heterocycles. The van der Waals surface area contributed by atoms with Gasteiger partial charge in [0.2, 0.25) is 0 Å². The van der Waals surface area contributed by atoms with Crippen molar-refractivity contribution in [2.75, 3.05) is 0 Å². The number of aromatic nitrogens is 2. The SMILES string of the molecule is O=[N+]([O-])c1[nH]c2c(ccc3c(Br)c([N+](=O)[O-])[nH]c32)c1Br. The summed E-state index contributed by atoms with van der Waals surface area (Å²) in [7, 11) is 0. The maximum Gasteiger partial charge on any atom is 0.336 e. The summed E-state index contributed by atoms with van der Waals surface area (Å²) in [4.78, 5) is 26.1. The molecular formula is C10H4Br2N4O4. The van der Waals surface area contributed by atoms with Gasteiger partial charge in [0, 0.05) is 10.8 Å². The topological polar surface area (TPSA) is 118 Å². The van der Waals surface area contributed by atoms with Gasteiger partial charge in [0.1, 0.15) is 8.95 Å². The van der Waals surface area contributed by atoms with Crippen LogP contribution in [0, 0.1) is 20.2 Å². The van der Waals surface area contributed by atoms with E-state index < -0.39 is 9.85 Å². The van der Waals surface area contributed by atoms with Gasteiger partial charge in [0.05, 0.1) is 0 Å². The van der Waals surface area contributed by atoms with E-state index in [4.69, 9.17) is 0 Å². The largest absolute Gasteiger partial charge is 0.358 e. The third kappa shape index (κ3) is 1.64. The fourth-order valence-electron chi connectivity index (χ4n) is 2.08. The van der Waals surface area contributed by atoms with Gasteiger partial charge in [0.15, 0.2) is 11.0 Å². The third-order valence-corrected chi connectivity index (χ3v) is 4.55. The van der Waals surface area contributed by atoms with Crippen LogP contribution in [0.25, 0.3) is 21.8 Å². The average Bonchev–Trinajstić information content (AvgIpc) is 2.89. The van der Waals surface area contributed by atoms with E-state index in [1.165, 1.54) is 0 Å². The molecule has 0 aliphatic rings. The Kier molecular flexibility index (Phi) is 2.80. The summed E-state index contributed by atoms with van der Waals surface area (Å²) in [5, 5.41) is 23.0. The molecule has 2 heterocycles. The molecule has 0 saturated carbocycles. The van der Waals surface area contributed by atoms with Crippen LogP contribution in [0.4, 0.5) is 11.6 Å². The van der Waals surface area contributed by atoms with Gasteiger partial charge in [-0.05, 0) is 53.8 Å². The monoisotopic (exact) mass is 402 g/mol. The number of H-pyrrole nitrogens is 2. The Balaban J connectivity index is 2.47. The summed E-state index contributed by atoms with van der Waals surface area (Å²) in [5.41, 5.74) is 0.879. The molecule has 0 aliphatic carbocycles. The molecule has 0 unspecified atom stereocenters. The Morgan fingerprint density at radius 2 is 1.20 bits per heavy atom. The van der Waals surface area contributed by atoms with E-state index in [0.29, 0.717) is 30.8 Å². The van der Waals surface area contributed by atoms with Crippen molar-refractivity contribution >= 4 is 65.3 Å². The first-order valence-corrected chi connectivity index (χ1v) is 6.80. The lowest BCUT2D eigenvalue weighted by molar-refractivity contribution is -0.390. The highest BCUT2D eigenvalue weighted by Crippen LogP contribution is 2.40. The molecule has 0 amide bonds. The van der Waals surface area contributed by atoms with E-state index in [9.17, 15) is 20.2 Å². The smallest absolute Gasteiger partial charge is 0.336 e. The second-order valence-corrected chi connectivity index (χ2v) is 5.59. The van der Waals surface area contributed by atoms with Crippen molar-refractivity contribution in [3.8, 4) is 0 Å². The molecule has 3 aromatic rings. The zero-order chi connectivity index (χ0) is 14.6. The maximum absolute atomic E-state index is 10.9. The Morgan fingerprint density at radius 1 is 0.850 bits per heavy atom. The van der Waals surface area contributed by atoms with Crippen molar-refractivity contribution in [1.82, 2.24) is 9.97 Å². The highest BCUT2D eigenvalue weighted by molar-refractivity contribution is 9.11. The molecule has 0 atom stereocenters. The van der Waals surface area contributed by atoms with E-state index in [1.807, 2.05) is 0 Å². The summed E-state index contributed by atoms with van der Waals surface area (Å²) in [6, 6.07) is 3.32. The van der Waals surface area contributed by atoms with Crippen LogP contribution in [0.3, 0.4) is 0 Å². The lowest BCUT2D eigenvalue weighted by Crippen LogP contribution is -1.88. The van der Waals surface area contributed by atoms with Crippen LogP contribution in [0.1, 0.15) is 0 Å². The summed E-state index contributed by atoms with van der Waals surface area (Å²) >= 11 is 6.32. The van der Waals surface area contributed by atoms with Crippen LogP contribution in [0.2, 0.25) is 0 Å². The standard InChI is InChI=1S/C10H4Br2N4O4/c11-5-3-1-2-4-6(12)10(16(19)20)14-8(4)7(3)13-9(5)15(17)18/h1-2,13-14H. The van der Waals surface area contributed by atoms with Gasteiger partial charge < -0.3 is 20.2 Å². The molecule has 0 radical (unpaired) electrons. The molecule has 0 fully saturated rings. The molecule has 3 rings (SSSR count). The quantitative estimate of drug-likeness (QED) is 0.496. The number of hydrogen-bond donors (Lipinski definition) is 2. The van der Waals surface area contributed by atoms with Gasteiger partial charge in [-0.15, -0.1) is 0 Å². The molecule has 102 valence electrons. The molecule has 0 bridgehead atoms. The van der Waals surface area contributed by atoms with Crippen LogP contribution >= 0.6 is 31.9 Å². The van der Waals surface area contributed by atoms with Crippen LogP contribution < -0.4 is 0 Å². The molecule has 8 nitrogen and oxygen atoms in total. The molecule has 1 aromatic carbocycles. The van der Waals surface area contributed by atoms with E-state index >= 15 is 0 Å². The number of nitro groups is 2. The Labute approximate surface area is 126 Å². The normalized spacial score (nSPS) is 11.3. The minimum Gasteiger partial charge on any atom is -0.358 e. The Morgan fingerprint density at radius 3 is 1.50 bits per heavy atom.